The SMILES string of the molecule is NC1CCN(Cc2ccc(-n3cc4cc(-c5ccc(S(=O)(=O)N6CCN7CCC6CC7)c(F)c5)[nH]c4nc3=O)cc2)CC1. The van der Waals surface area contributed by atoms with E-state index in [9.17, 15) is 13.2 Å². The average molecular weight is 606 g/mol. The maximum absolute atomic E-state index is 15.4. The van der Waals surface area contributed by atoms with Gasteiger partial charge in [0.25, 0.3) is 0 Å². The molecule has 0 aliphatic carbocycles. The van der Waals surface area contributed by atoms with Crippen molar-refractivity contribution in [3.05, 3.63) is 76.6 Å². The highest BCUT2D eigenvalue weighted by molar-refractivity contribution is 7.89. The lowest BCUT2D eigenvalue weighted by molar-refractivity contribution is 0.205. The van der Waals surface area contributed by atoms with Crippen LogP contribution in [0.3, 0.4) is 0 Å². The lowest BCUT2D eigenvalue weighted by Crippen LogP contribution is -2.41. The van der Waals surface area contributed by atoms with E-state index in [2.05, 4.69) is 19.8 Å². The second-order valence-electron chi connectivity index (χ2n) is 12.0. The van der Waals surface area contributed by atoms with Crippen LogP contribution in [0.2, 0.25) is 0 Å². The van der Waals surface area contributed by atoms with Crippen molar-refractivity contribution >= 4 is 21.1 Å². The van der Waals surface area contributed by atoms with E-state index in [1.54, 1.807) is 18.3 Å². The number of nitrogens with two attached hydrogens (primary N) is 1. The topological polar surface area (TPSA) is 121 Å². The van der Waals surface area contributed by atoms with Crippen molar-refractivity contribution in [2.24, 2.45) is 5.73 Å². The Morgan fingerprint density at radius 3 is 2.40 bits per heavy atom. The minimum absolute atomic E-state index is 0.0964. The molecule has 2 aromatic heterocycles. The van der Waals surface area contributed by atoms with Crippen LogP contribution in [0.15, 0.2) is 64.4 Å². The minimum atomic E-state index is -3.97. The molecule has 0 saturated carbocycles. The van der Waals surface area contributed by atoms with Gasteiger partial charge in [-0.1, -0.05) is 18.2 Å². The van der Waals surface area contributed by atoms with Gasteiger partial charge in [-0.25, -0.2) is 17.6 Å². The Morgan fingerprint density at radius 1 is 0.930 bits per heavy atom. The number of hydrogen-bond acceptors (Lipinski definition) is 7. The van der Waals surface area contributed by atoms with Gasteiger partial charge in [0, 0.05) is 54.6 Å². The molecule has 2 bridgehead atoms. The quantitative estimate of drug-likeness (QED) is 0.347. The van der Waals surface area contributed by atoms with Crippen molar-refractivity contribution < 1.29 is 12.8 Å². The van der Waals surface area contributed by atoms with Crippen LogP contribution in [0.25, 0.3) is 28.0 Å². The smallest absolute Gasteiger partial charge is 0.339 e. The number of likely N-dealkylation sites (tertiary alicyclic amines) is 1. The third-order valence-electron chi connectivity index (χ3n) is 9.19. The third-order valence-corrected chi connectivity index (χ3v) is 11.2. The molecule has 0 atom stereocenters. The fourth-order valence-electron chi connectivity index (χ4n) is 6.64. The van der Waals surface area contributed by atoms with E-state index >= 15 is 4.39 Å². The number of fused-ring (bicyclic) bond motifs is 5. The van der Waals surface area contributed by atoms with E-state index in [1.807, 2.05) is 24.3 Å². The lowest BCUT2D eigenvalue weighted by Gasteiger charge is -2.30. The minimum Gasteiger partial charge on any atom is -0.339 e. The number of sulfonamides is 1. The van der Waals surface area contributed by atoms with Gasteiger partial charge in [0.05, 0.1) is 5.69 Å². The maximum Gasteiger partial charge on any atom is 0.354 e. The molecule has 12 heteroatoms. The van der Waals surface area contributed by atoms with Gasteiger partial charge >= 0.3 is 5.69 Å². The van der Waals surface area contributed by atoms with Crippen molar-refractivity contribution in [2.75, 3.05) is 39.3 Å². The first-order chi connectivity index (χ1) is 20.7. The summed E-state index contributed by atoms with van der Waals surface area (Å²) < 4.78 is 45.4. The molecule has 8 rings (SSSR count). The van der Waals surface area contributed by atoms with E-state index in [4.69, 9.17) is 5.73 Å². The summed E-state index contributed by atoms with van der Waals surface area (Å²) in [6.07, 6.45) is 5.25. The summed E-state index contributed by atoms with van der Waals surface area (Å²) in [5.41, 5.74) is 8.84. The zero-order valence-corrected chi connectivity index (χ0v) is 24.8. The molecule has 10 nitrogen and oxygen atoms in total. The molecule has 4 aliphatic rings. The Kier molecular flexibility index (Phi) is 7.42. The number of hydrogen-bond donors (Lipinski definition) is 2. The number of piperidine rings is 2. The fourth-order valence-corrected chi connectivity index (χ4v) is 8.36. The monoisotopic (exact) mass is 605 g/mol. The normalized spacial score (nSPS) is 22.3. The molecular weight excluding hydrogens is 569 g/mol. The Hall–Kier alpha value is -3.42. The third kappa shape index (κ3) is 5.53. The molecule has 6 heterocycles. The summed E-state index contributed by atoms with van der Waals surface area (Å²) in [5.74, 6) is -0.796. The van der Waals surface area contributed by atoms with Crippen molar-refractivity contribution in [3.8, 4) is 16.9 Å². The lowest BCUT2D eigenvalue weighted by atomic mass is 10.1. The molecular formula is C31H36FN7O3S. The van der Waals surface area contributed by atoms with Crippen molar-refractivity contribution in [1.82, 2.24) is 28.6 Å². The summed E-state index contributed by atoms with van der Waals surface area (Å²) in [6, 6.07) is 14.0. The molecule has 0 radical (unpaired) electrons. The zero-order chi connectivity index (χ0) is 29.7. The molecule has 43 heavy (non-hydrogen) atoms. The molecule has 4 aromatic rings. The largest absolute Gasteiger partial charge is 0.354 e. The number of aromatic amines is 1. The Labute approximate surface area is 250 Å². The summed E-state index contributed by atoms with van der Waals surface area (Å²) in [6.45, 7) is 5.59. The van der Waals surface area contributed by atoms with E-state index in [0.717, 1.165) is 58.4 Å². The first kappa shape index (κ1) is 28.4. The number of halogens is 1. The Balaban J connectivity index is 1.12. The predicted molar refractivity (Wildman–Crippen MR) is 163 cm³/mol. The van der Waals surface area contributed by atoms with Gasteiger partial charge in [0.15, 0.2) is 0 Å². The summed E-state index contributed by atoms with van der Waals surface area (Å²) in [5, 5.41) is 0.677. The van der Waals surface area contributed by atoms with E-state index in [-0.39, 0.29) is 10.9 Å². The van der Waals surface area contributed by atoms with Gasteiger partial charge in [0.2, 0.25) is 10.0 Å². The van der Waals surface area contributed by atoms with Crippen LogP contribution in [0.5, 0.6) is 0 Å². The highest BCUT2D eigenvalue weighted by Gasteiger charge is 2.38. The number of nitrogens with one attached hydrogen (secondary N) is 1. The molecule has 226 valence electrons. The average Bonchev–Trinajstić information content (AvgIpc) is 3.16. The van der Waals surface area contributed by atoms with Crippen LogP contribution in [-0.4, -0.2) is 88.4 Å². The molecule has 0 unspecified atom stereocenters. The second kappa shape index (κ2) is 11.3. The van der Waals surface area contributed by atoms with Gasteiger partial charge < -0.3 is 15.6 Å². The molecule has 0 spiro atoms. The zero-order valence-electron chi connectivity index (χ0n) is 24.0. The standard InChI is InChI=1S/C31H36FN7O3S/c32-27-17-22(3-6-29(27)43(41,42)39-16-15-36-13-9-26(39)10-14-36)28-18-23-20-38(31(40)35-30(23)34-28)25-4-1-21(2-5-25)19-37-11-7-24(33)8-12-37/h1-6,17-18,20,24,26H,7-16,19,33H2,(H,34,35,40). The summed E-state index contributed by atoms with van der Waals surface area (Å²) >= 11 is 0. The molecule has 0 amide bonds. The number of rotatable bonds is 6. The van der Waals surface area contributed by atoms with Crippen LogP contribution in [0, 0.1) is 5.82 Å². The van der Waals surface area contributed by atoms with Crippen molar-refractivity contribution in [1.29, 1.82) is 0 Å². The number of aromatic nitrogens is 3. The summed E-state index contributed by atoms with van der Waals surface area (Å²) in [4.78, 5) is 24.6. The highest BCUT2D eigenvalue weighted by atomic mass is 32.2. The Bertz CT molecular complexity index is 1810. The highest BCUT2D eigenvalue weighted by Crippen LogP contribution is 2.31. The van der Waals surface area contributed by atoms with Crippen molar-refractivity contribution in [2.45, 2.75) is 49.2 Å². The fraction of sp³-hybridized carbons (Fsp3) is 0.419. The maximum atomic E-state index is 15.4. The van der Waals surface area contributed by atoms with Gasteiger partial charge in [-0.05, 0) is 87.8 Å². The van der Waals surface area contributed by atoms with E-state index < -0.39 is 21.5 Å². The first-order valence-corrected chi connectivity index (χ1v) is 16.4. The van der Waals surface area contributed by atoms with Gasteiger partial charge in [0.1, 0.15) is 16.4 Å². The molecule has 2 aromatic carbocycles. The Morgan fingerprint density at radius 2 is 1.67 bits per heavy atom. The van der Waals surface area contributed by atoms with Crippen molar-refractivity contribution in [3.63, 3.8) is 0 Å². The first-order valence-electron chi connectivity index (χ1n) is 15.0. The second-order valence-corrected chi connectivity index (χ2v) is 13.9. The number of benzene rings is 2. The van der Waals surface area contributed by atoms with Crippen LogP contribution in [-0.2, 0) is 16.6 Å². The van der Waals surface area contributed by atoms with Crippen LogP contribution in [0.1, 0.15) is 31.2 Å². The van der Waals surface area contributed by atoms with Gasteiger partial charge in [-0.2, -0.15) is 9.29 Å². The van der Waals surface area contributed by atoms with E-state index in [1.165, 1.54) is 26.6 Å². The predicted octanol–water partition coefficient (Wildman–Crippen LogP) is 2.91. The molecule has 4 fully saturated rings. The number of H-pyrrole nitrogens is 1. The number of nitrogens with zero attached hydrogens (tertiary/aromatic N) is 5. The van der Waals surface area contributed by atoms with Gasteiger partial charge in [-0.15, -0.1) is 0 Å². The molecule has 4 aliphatic heterocycles. The van der Waals surface area contributed by atoms with Crippen LogP contribution >= 0.6 is 0 Å². The summed E-state index contributed by atoms with van der Waals surface area (Å²) in [7, 11) is -3.97. The molecule has 4 saturated heterocycles. The molecule has 3 N–H and O–H groups in total. The van der Waals surface area contributed by atoms with Crippen LogP contribution < -0.4 is 11.4 Å². The van der Waals surface area contributed by atoms with E-state index in [0.29, 0.717) is 47.1 Å². The van der Waals surface area contributed by atoms with Crippen LogP contribution in [0.4, 0.5) is 4.39 Å². The van der Waals surface area contributed by atoms with Gasteiger partial charge in [-0.3, -0.25) is 9.47 Å².